The number of aryl methyl sites for hydroxylation is 1. The fourth-order valence-electron chi connectivity index (χ4n) is 3.32. The number of hydrogen-bond donors (Lipinski definition) is 0. The predicted molar refractivity (Wildman–Crippen MR) is 110 cm³/mol. The minimum Gasteiger partial charge on any atom is -0.368 e. The van der Waals surface area contributed by atoms with Crippen molar-refractivity contribution in [1.82, 2.24) is 9.88 Å². The SMILES string of the molecule is C=C(CN(C(=C)C)c1cc(/C(CCC)=C(/C)C(F)(F)F)cnc1C)N1CC(F)C1. The fourth-order valence-corrected chi connectivity index (χ4v) is 3.32. The van der Waals surface area contributed by atoms with Crippen molar-refractivity contribution in [2.24, 2.45) is 0 Å². The summed E-state index contributed by atoms with van der Waals surface area (Å²) >= 11 is 0. The summed E-state index contributed by atoms with van der Waals surface area (Å²) in [6, 6.07) is 1.73. The van der Waals surface area contributed by atoms with Crippen LogP contribution in [0.3, 0.4) is 0 Å². The molecule has 0 atom stereocenters. The zero-order valence-corrected chi connectivity index (χ0v) is 17.5. The third-order valence-electron chi connectivity index (χ3n) is 5.16. The van der Waals surface area contributed by atoms with E-state index in [0.29, 0.717) is 55.1 Å². The van der Waals surface area contributed by atoms with Crippen molar-refractivity contribution in [1.29, 1.82) is 0 Å². The van der Waals surface area contributed by atoms with Gasteiger partial charge in [0.05, 0.1) is 31.0 Å². The summed E-state index contributed by atoms with van der Waals surface area (Å²) in [5, 5.41) is 0. The molecule has 0 aliphatic carbocycles. The van der Waals surface area contributed by atoms with Gasteiger partial charge in [-0.05, 0) is 44.4 Å². The highest BCUT2D eigenvalue weighted by molar-refractivity contribution is 5.72. The van der Waals surface area contributed by atoms with Crippen molar-refractivity contribution in [2.75, 3.05) is 24.5 Å². The molecule has 0 radical (unpaired) electrons. The van der Waals surface area contributed by atoms with Gasteiger partial charge >= 0.3 is 6.18 Å². The number of pyridine rings is 1. The van der Waals surface area contributed by atoms with Crippen LogP contribution in [0.15, 0.2) is 42.4 Å². The minimum atomic E-state index is -4.39. The number of alkyl halides is 4. The second kappa shape index (κ2) is 9.01. The van der Waals surface area contributed by atoms with Crippen molar-refractivity contribution < 1.29 is 17.6 Å². The van der Waals surface area contributed by atoms with E-state index >= 15 is 0 Å². The van der Waals surface area contributed by atoms with Crippen LogP contribution in [-0.2, 0) is 0 Å². The maximum Gasteiger partial charge on any atom is 0.412 e. The van der Waals surface area contributed by atoms with Gasteiger partial charge in [-0.3, -0.25) is 4.98 Å². The molecule has 0 saturated carbocycles. The fraction of sp³-hybridized carbons (Fsp3) is 0.500. The molecule has 29 heavy (non-hydrogen) atoms. The molecule has 3 nitrogen and oxygen atoms in total. The first-order chi connectivity index (χ1) is 13.5. The van der Waals surface area contributed by atoms with Crippen LogP contribution in [0.25, 0.3) is 5.57 Å². The average Bonchev–Trinajstić information content (AvgIpc) is 2.60. The molecule has 1 aliphatic rings. The number of aromatic nitrogens is 1. The summed E-state index contributed by atoms with van der Waals surface area (Å²) in [5.74, 6) is 0. The van der Waals surface area contributed by atoms with Crippen LogP contribution in [0.2, 0.25) is 0 Å². The summed E-state index contributed by atoms with van der Waals surface area (Å²) in [7, 11) is 0. The molecule has 1 fully saturated rings. The molecular weight excluding hydrogens is 382 g/mol. The largest absolute Gasteiger partial charge is 0.412 e. The zero-order chi connectivity index (χ0) is 21.9. The van der Waals surface area contributed by atoms with E-state index in [1.165, 1.54) is 6.20 Å². The third-order valence-corrected chi connectivity index (χ3v) is 5.16. The lowest BCUT2D eigenvalue weighted by Gasteiger charge is -2.40. The molecule has 2 heterocycles. The lowest BCUT2D eigenvalue weighted by atomic mass is 9.96. The number of allylic oxidation sites excluding steroid dienone is 3. The maximum atomic E-state index is 13.4. The Bertz CT molecular complexity index is 805. The van der Waals surface area contributed by atoms with Crippen molar-refractivity contribution >= 4 is 11.3 Å². The quantitative estimate of drug-likeness (QED) is 0.487. The van der Waals surface area contributed by atoms with Crippen molar-refractivity contribution in [3.63, 3.8) is 0 Å². The van der Waals surface area contributed by atoms with Gasteiger partial charge in [-0.1, -0.05) is 26.5 Å². The van der Waals surface area contributed by atoms with Crippen LogP contribution >= 0.6 is 0 Å². The monoisotopic (exact) mass is 411 g/mol. The van der Waals surface area contributed by atoms with Crippen LogP contribution in [0.4, 0.5) is 23.2 Å². The van der Waals surface area contributed by atoms with E-state index in [4.69, 9.17) is 0 Å². The third kappa shape index (κ3) is 5.40. The number of rotatable bonds is 8. The molecule has 160 valence electrons. The lowest BCUT2D eigenvalue weighted by Crippen LogP contribution is -2.49. The van der Waals surface area contributed by atoms with E-state index in [-0.39, 0.29) is 5.57 Å². The minimum absolute atomic E-state index is 0.247. The van der Waals surface area contributed by atoms with Gasteiger partial charge in [-0.15, -0.1) is 0 Å². The van der Waals surface area contributed by atoms with Gasteiger partial charge in [0.1, 0.15) is 6.17 Å². The Hall–Kier alpha value is -2.31. The Balaban J connectivity index is 2.43. The molecule has 0 bridgehead atoms. The molecule has 1 saturated heterocycles. The van der Waals surface area contributed by atoms with E-state index in [1.807, 2.05) is 23.6 Å². The Kier molecular flexibility index (Phi) is 7.14. The van der Waals surface area contributed by atoms with E-state index in [2.05, 4.69) is 18.1 Å². The van der Waals surface area contributed by atoms with Gasteiger partial charge in [-0.25, -0.2) is 4.39 Å². The first-order valence-corrected chi connectivity index (χ1v) is 9.69. The topological polar surface area (TPSA) is 19.4 Å². The number of nitrogens with zero attached hydrogens (tertiary/aromatic N) is 3. The second-order valence-corrected chi connectivity index (χ2v) is 7.57. The second-order valence-electron chi connectivity index (χ2n) is 7.57. The van der Waals surface area contributed by atoms with Gasteiger partial charge in [0.2, 0.25) is 0 Å². The van der Waals surface area contributed by atoms with Crippen molar-refractivity contribution in [2.45, 2.75) is 52.9 Å². The van der Waals surface area contributed by atoms with Crippen LogP contribution in [0.5, 0.6) is 0 Å². The smallest absolute Gasteiger partial charge is 0.368 e. The predicted octanol–water partition coefficient (Wildman–Crippen LogP) is 6.03. The van der Waals surface area contributed by atoms with E-state index in [1.54, 1.807) is 13.0 Å². The van der Waals surface area contributed by atoms with Gasteiger partial charge in [0.25, 0.3) is 0 Å². The maximum absolute atomic E-state index is 13.4. The van der Waals surface area contributed by atoms with Crippen LogP contribution in [-0.4, -0.2) is 41.9 Å². The van der Waals surface area contributed by atoms with Crippen LogP contribution in [0.1, 0.15) is 44.9 Å². The number of hydrogen-bond acceptors (Lipinski definition) is 3. The van der Waals surface area contributed by atoms with Crippen LogP contribution < -0.4 is 4.90 Å². The Morgan fingerprint density at radius 2 is 1.90 bits per heavy atom. The molecule has 0 amide bonds. The summed E-state index contributed by atoms with van der Waals surface area (Å²) in [6.45, 7) is 15.6. The lowest BCUT2D eigenvalue weighted by molar-refractivity contribution is -0.0908. The molecule has 0 aromatic carbocycles. The molecule has 1 aromatic rings. The van der Waals surface area contributed by atoms with Gasteiger partial charge in [-0.2, -0.15) is 13.2 Å². The first kappa shape index (κ1) is 23.0. The Morgan fingerprint density at radius 1 is 1.28 bits per heavy atom. The molecule has 2 rings (SSSR count). The standard InChI is InChI=1S/C22H29F4N3/c1-7-8-20(16(5)22(24,25)26)18-9-21(17(6)27-10-18)29(14(2)3)11-15(4)28-12-19(23)13-28/h9-10,19H,2,4,7-8,11-13H2,1,3,5-6H3/b20-16-. The number of anilines is 1. The van der Waals surface area contributed by atoms with Gasteiger partial charge < -0.3 is 9.80 Å². The summed E-state index contributed by atoms with van der Waals surface area (Å²) in [6.07, 6.45) is -2.84. The number of likely N-dealkylation sites (tertiary alicyclic amines) is 1. The highest BCUT2D eigenvalue weighted by Gasteiger charge is 2.33. The number of halogens is 4. The normalized spacial score (nSPS) is 15.7. The molecular formula is C22H29F4N3. The van der Waals surface area contributed by atoms with Crippen LogP contribution in [0, 0.1) is 6.92 Å². The average molecular weight is 411 g/mol. The molecule has 0 N–H and O–H groups in total. The molecule has 0 unspecified atom stereocenters. The molecule has 1 aromatic heterocycles. The first-order valence-electron chi connectivity index (χ1n) is 9.69. The highest BCUT2D eigenvalue weighted by atomic mass is 19.4. The summed E-state index contributed by atoms with van der Waals surface area (Å²) < 4.78 is 53.3. The Morgan fingerprint density at radius 3 is 2.38 bits per heavy atom. The van der Waals surface area contributed by atoms with E-state index in [0.717, 1.165) is 12.6 Å². The Labute approximate surface area is 170 Å². The van der Waals surface area contributed by atoms with Crippen molar-refractivity contribution in [3.8, 4) is 0 Å². The summed E-state index contributed by atoms with van der Waals surface area (Å²) in [5.41, 5.74) is 2.90. The molecule has 1 aliphatic heterocycles. The summed E-state index contributed by atoms with van der Waals surface area (Å²) in [4.78, 5) is 8.08. The van der Waals surface area contributed by atoms with Gasteiger partial charge in [0.15, 0.2) is 0 Å². The highest BCUT2D eigenvalue weighted by Crippen LogP contribution is 2.36. The zero-order valence-electron chi connectivity index (χ0n) is 17.5. The van der Waals surface area contributed by atoms with Gasteiger partial charge in [0, 0.05) is 23.2 Å². The molecule has 7 heteroatoms. The van der Waals surface area contributed by atoms with E-state index < -0.39 is 17.9 Å². The van der Waals surface area contributed by atoms with Crippen molar-refractivity contribution in [3.05, 3.63) is 53.6 Å². The van der Waals surface area contributed by atoms with E-state index in [9.17, 15) is 17.6 Å². The molecule has 0 spiro atoms.